The van der Waals surface area contributed by atoms with Gasteiger partial charge in [-0.3, -0.25) is 9.89 Å². The van der Waals surface area contributed by atoms with Gasteiger partial charge in [0.2, 0.25) is 0 Å². The number of nitrogens with one attached hydrogen (secondary N) is 2. The van der Waals surface area contributed by atoms with E-state index in [4.69, 9.17) is 0 Å². The fraction of sp³-hybridized carbons (Fsp3) is 0.778. The minimum atomic E-state index is 0.138. The van der Waals surface area contributed by atoms with Crippen LogP contribution in [0.4, 0.5) is 0 Å². The van der Waals surface area contributed by atoms with Crippen LogP contribution in [0.25, 0.3) is 0 Å². The van der Waals surface area contributed by atoms with E-state index in [1.54, 1.807) is 11.3 Å². The Morgan fingerprint density at radius 3 is 2.88 bits per heavy atom. The molecule has 24 heavy (non-hydrogen) atoms. The average Bonchev–Trinajstić information content (AvgIpc) is 2.96. The largest absolute Gasteiger partial charge is 0.356 e. The van der Waals surface area contributed by atoms with E-state index >= 15 is 0 Å². The molecule has 1 fully saturated rings. The minimum absolute atomic E-state index is 0.138. The topological polar surface area (TPSA) is 52.6 Å². The maximum absolute atomic E-state index is 4.40. The number of thiazole rings is 1. The van der Waals surface area contributed by atoms with Gasteiger partial charge in [0.25, 0.3) is 0 Å². The molecule has 1 atom stereocenters. The van der Waals surface area contributed by atoms with E-state index in [1.165, 1.54) is 35.8 Å². The number of nitrogens with zero attached hydrogens (tertiary/aromatic N) is 3. The zero-order valence-corrected chi connectivity index (χ0v) is 16.7. The van der Waals surface area contributed by atoms with Gasteiger partial charge in [-0.1, -0.05) is 6.92 Å². The molecule has 0 radical (unpaired) electrons. The van der Waals surface area contributed by atoms with Gasteiger partial charge in [-0.2, -0.15) is 0 Å². The molecule has 1 aliphatic heterocycles. The van der Waals surface area contributed by atoms with Gasteiger partial charge in [0.15, 0.2) is 5.96 Å². The highest BCUT2D eigenvalue weighted by Gasteiger charge is 2.30. The normalized spacial score (nSPS) is 20.2. The van der Waals surface area contributed by atoms with Crippen molar-refractivity contribution in [3.8, 4) is 0 Å². The van der Waals surface area contributed by atoms with Crippen molar-refractivity contribution in [2.45, 2.75) is 52.5 Å². The van der Waals surface area contributed by atoms with E-state index < -0.39 is 0 Å². The molecule has 136 valence electrons. The zero-order chi connectivity index (χ0) is 17.6. The van der Waals surface area contributed by atoms with E-state index in [2.05, 4.69) is 53.2 Å². The summed E-state index contributed by atoms with van der Waals surface area (Å²) in [5.41, 5.74) is 0.138. The summed E-state index contributed by atoms with van der Waals surface area (Å²) in [5.74, 6) is 1.68. The number of aliphatic imine (C=N–C) groups is 1. The smallest absolute Gasteiger partial charge is 0.191 e. The van der Waals surface area contributed by atoms with Crippen LogP contribution in [-0.2, 0) is 6.42 Å². The molecule has 0 amide bonds. The number of hydrogen-bond acceptors (Lipinski definition) is 4. The number of aromatic nitrogens is 1. The quantitative estimate of drug-likeness (QED) is 0.611. The highest BCUT2D eigenvalue weighted by Crippen LogP contribution is 2.23. The lowest BCUT2D eigenvalue weighted by atomic mass is 9.93. The molecule has 1 aliphatic rings. The Bertz CT molecular complexity index is 537. The van der Waals surface area contributed by atoms with E-state index in [-0.39, 0.29) is 5.54 Å². The van der Waals surface area contributed by atoms with Crippen LogP contribution in [-0.4, -0.2) is 54.6 Å². The van der Waals surface area contributed by atoms with Crippen LogP contribution in [0.1, 0.15) is 43.5 Å². The predicted molar refractivity (Wildman–Crippen MR) is 104 cm³/mol. The number of likely N-dealkylation sites (tertiary alicyclic amines) is 1. The Morgan fingerprint density at radius 2 is 2.25 bits per heavy atom. The van der Waals surface area contributed by atoms with Crippen molar-refractivity contribution in [1.29, 1.82) is 0 Å². The van der Waals surface area contributed by atoms with Gasteiger partial charge in [0.1, 0.15) is 0 Å². The van der Waals surface area contributed by atoms with Gasteiger partial charge < -0.3 is 10.6 Å². The maximum Gasteiger partial charge on any atom is 0.191 e. The molecule has 1 saturated heterocycles. The van der Waals surface area contributed by atoms with Crippen molar-refractivity contribution in [3.05, 3.63) is 16.1 Å². The number of aryl methyl sites for hydroxylation is 1. The van der Waals surface area contributed by atoms with Crippen LogP contribution < -0.4 is 10.6 Å². The SMILES string of the molecule is CN=C(NCCc1ncc(C)s1)NCC(C)(C)N1CCCC(C)C1. The summed E-state index contributed by atoms with van der Waals surface area (Å²) in [5, 5.41) is 8.07. The van der Waals surface area contributed by atoms with Crippen LogP contribution in [0.2, 0.25) is 0 Å². The van der Waals surface area contributed by atoms with E-state index in [9.17, 15) is 0 Å². The Labute approximate surface area is 151 Å². The molecule has 5 nitrogen and oxygen atoms in total. The Kier molecular flexibility index (Phi) is 7.04. The lowest BCUT2D eigenvalue weighted by molar-refractivity contribution is 0.0739. The highest BCUT2D eigenvalue weighted by molar-refractivity contribution is 7.11. The molecule has 2 rings (SSSR count). The lowest BCUT2D eigenvalue weighted by Gasteiger charge is -2.43. The third kappa shape index (κ3) is 5.74. The van der Waals surface area contributed by atoms with Gasteiger partial charge in [-0.25, -0.2) is 4.98 Å². The third-order valence-corrected chi connectivity index (χ3v) is 5.70. The van der Waals surface area contributed by atoms with Crippen LogP contribution in [0.15, 0.2) is 11.2 Å². The second-order valence-corrected chi connectivity index (χ2v) is 8.79. The van der Waals surface area contributed by atoms with E-state index in [0.717, 1.165) is 31.4 Å². The molecule has 0 saturated carbocycles. The first kappa shape index (κ1) is 19.2. The number of rotatable bonds is 6. The predicted octanol–water partition coefficient (Wildman–Crippen LogP) is 2.67. The second-order valence-electron chi connectivity index (χ2n) is 7.47. The van der Waals surface area contributed by atoms with Crippen molar-refractivity contribution < 1.29 is 0 Å². The summed E-state index contributed by atoms with van der Waals surface area (Å²) in [6.45, 7) is 13.3. The molecule has 0 aliphatic carbocycles. The Balaban J connectivity index is 1.75. The first-order chi connectivity index (χ1) is 11.4. The molecular formula is C18H33N5S. The summed E-state index contributed by atoms with van der Waals surface area (Å²) in [4.78, 5) is 12.6. The second kappa shape index (κ2) is 8.81. The van der Waals surface area contributed by atoms with Crippen LogP contribution in [0, 0.1) is 12.8 Å². The molecule has 0 spiro atoms. The average molecular weight is 352 g/mol. The number of piperidine rings is 1. The lowest BCUT2D eigenvalue weighted by Crippen LogP contribution is -2.56. The van der Waals surface area contributed by atoms with Gasteiger partial charge in [-0.15, -0.1) is 11.3 Å². The van der Waals surface area contributed by atoms with Gasteiger partial charge in [0.05, 0.1) is 5.01 Å². The van der Waals surface area contributed by atoms with Gasteiger partial charge >= 0.3 is 0 Å². The number of hydrogen-bond donors (Lipinski definition) is 2. The summed E-state index contributed by atoms with van der Waals surface area (Å²) in [6, 6.07) is 0. The molecule has 0 bridgehead atoms. The van der Waals surface area contributed by atoms with Gasteiger partial charge in [-0.05, 0) is 46.1 Å². The summed E-state index contributed by atoms with van der Waals surface area (Å²) in [7, 11) is 1.83. The van der Waals surface area contributed by atoms with Gasteiger partial charge in [0, 0.05) is 49.7 Å². The van der Waals surface area contributed by atoms with Crippen LogP contribution in [0.5, 0.6) is 0 Å². The van der Waals surface area contributed by atoms with E-state index in [1.807, 2.05) is 13.2 Å². The summed E-state index contributed by atoms with van der Waals surface area (Å²) < 4.78 is 0. The zero-order valence-electron chi connectivity index (χ0n) is 15.9. The first-order valence-corrected chi connectivity index (χ1v) is 9.83. The third-order valence-electron chi connectivity index (χ3n) is 4.73. The maximum atomic E-state index is 4.40. The summed E-state index contributed by atoms with van der Waals surface area (Å²) in [6.07, 6.45) is 5.55. The van der Waals surface area contributed by atoms with E-state index in [0.29, 0.717) is 0 Å². The van der Waals surface area contributed by atoms with Crippen molar-refractivity contribution in [2.24, 2.45) is 10.9 Å². The summed E-state index contributed by atoms with van der Waals surface area (Å²) >= 11 is 1.77. The Hall–Kier alpha value is -1.14. The molecule has 2 heterocycles. The fourth-order valence-corrected chi connectivity index (χ4v) is 3.96. The minimum Gasteiger partial charge on any atom is -0.356 e. The molecule has 1 aromatic heterocycles. The molecule has 6 heteroatoms. The van der Waals surface area contributed by atoms with Crippen LogP contribution >= 0.6 is 11.3 Å². The van der Waals surface area contributed by atoms with Crippen LogP contribution in [0.3, 0.4) is 0 Å². The molecule has 0 aromatic carbocycles. The standard InChI is InChI=1S/C18H33N5S/c1-14-7-6-10-23(12-14)18(3,4)13-22-17(19-5)20-9-8-16-21-11-15(2)24-16/h11,14H,6-10,12-13H2,1-5H3,(H2,19,20,22). The molecule has 1 unspecified atom stereocenters. The van der Waals surface area contributed by atoms with Crippen molar-refractivity contribution in [1.82, 2.24) is 20.5 Å². The Morgan fingerprint density at radius 1 is 1.46 bits per heavy atom. The fourth-order valence-electron chi connectivity index (χ4n) is 3.18. The molecule has 1 aromatic rings. The monoisotopic (exact) mass is 351 g/mol. The van der Waals surface area contributed by atoms with Crippen molar-refractivity contribution >= 4 is 17.3 Å². The molecular weight excluding hydrogens is 318 g/mol. The van der Waals surface area contributed by atoms with Crippen molar-refractivity contribution in [3.63, 3.8) is 0 Å². The number of guanidine groups is 1. The van der Waals surface area contributed by atoms with Crippen molar-refractivity contribution in [2.75, 3.05) is 33.2 Å². The first-order valence-electron chi connectivity index (χ1n) is 9.01. The molecule has 2 N–H and O–H groups in total. The highest BCUT2D eigenvalue weighted by atomic mass is 32.1.